The highest BCUT2D eigenvalue weighted by molar-refractivity contribution is 5.60. The molecule has 1 saturated heterocycles. The third-order valence-electron chi connectivity index (χ3n) is 3.33. The maximum atomic E-state index is 5.69. The Morgan fingerprint density at radius 2 is 2.26 bits per heavy atom. The summed E-state index contributed by atoms with van der Waals surface area (Å²) in [6.45, 7) is 8.95. The minimum Gasteiger partial charge on any atom is -0.377 e. The summed E-state index contributed by atoms with van der Waals surface area (Å²) >= 11 is 0. The molecular weight excluding hydrogens is 242 g/mol. The third-order valence-corrected chi connectivity index (χ3v) is 3.33. The van der Waals surface area contributed by atoms with Crippen LogP contribution in [0.4, 0.5) is 11.6 Å². The summed E-state index contributed by atoms with van der Waals surface area (Å²) in [6, 6.07) is 0. The van der Waals surface area contributed by atoms with Crippen molar-refractivity contribution >= 4 is 11.6 Å². The molecule has 0 saturated carbocycles. The van der Waals surface area contributed by atoms with E-state index in [4.69, 9.17) is 10.6 Å². The van der Waals surface area contributed by atoms with Crippen LogP contribution >= 0.6 is 0 Å². The third kappa shape index (κ3) is 3.13. The van der Waals surface area contributed by atoms with Crippen LogP contribution in [0.15, 0.2) is 6.33 Å². The predicted molar refractivity (Wildman–Crippen MR) is 76.2 cm³/mol. The molecule has 19 heavy (non-hydrogen) atoms. The summed E-state index contributed by atoms with van der Waals surface area (Å²) in [4.78, 5) is 11.0. The highest BCUT2D eigenvalue weighted by Crippen LogP contribution is 2.31. The van der Waals surface area contributed by atoms with Gasteiger partial charge in [-0.3, -0.25) is 0 Å². The second-order valence-electron chi connectivity index (χ2n) is 5.24. The zero-order valence-electron chi connectivity index (χ0n) is 11.9. The number of anilines is 2. The van der Waals surface area contributed by atoms with Gasteiger partial charge >= 0.3 is 0 Å². The maximum Gasteiger partial charge on any atom is 0.148 e. The van der Waals surface area contributed by atoms with Gasteiger partial charge in [0.1, 0.15) is 18.0 Å². The number of ether oxygens (including phenoxy) is 1. The summed E-state index contributed by atoms with van der Waals surface area (Å²) in [7, 11) is 0. The fourth-order valence-corrected chi connectivity index (χ4v) is 2.47. The Hall–Kier alpha value is -1.40. The lowest BCUT2D eigenvalue weighted by Crippen LogP contribution is -2.32. The summed E-state index contributed by atoms with van der Waals surface area (Å²) in [5.41, 5.74) is 3.74. The van der Waals surface area contributed by atoms with Crippen LogP contribution in [0.3, 0.4) is 0 Å². The second kappa shape index (κ2) is 6.16. The molecule has 0 aliphatic carbocycles. The van der Waals surface area contributed by atoms with Gasteiger partial charge < -0.3 is 15.1 Å². The lowest BCUT2D eigenvalue weighted by atomic mass is 10.0. The van der Waals surface area contributed by atoms with Crippen molar-refractivity contribution in [3.8, 4) is 0 Å². The second-order valence-corrected chi connectivity index (χ2v) is 5.24. The summed E-state index contributed by atoms with van der Waals surface area (Å²) in [5.74, 6) is 7.54. The largest absolute Gasteiger partial charge is 0.377 e. The van der Waals surface area contributed by atoms with Crippen LogP contribution in [0.25, 0.3) is 0 Å². The minimum atomic E-state index is 0.215. The molecule has 1 aliphatic heterocycles. The fourth-order valence-electron chi connectivity index (χ4n) is 2.47. The van der Waals surface area contributed by atoms with Gasteiger partial charge in [-0.25, -0.2) is 15.8 Å². The van der Waals surface area contributed by atoms with E-state index < -0.39 is 0 Å². The first-order valence-corrected chi connectivity index (χ1v) is 6.81. The van der Waals surface area contributed by atoms with Crippen molar-refractivity contribution < 1.29 is 4.74 Å². The van der Waals surface area contributed by atoms with E-state index in [1.54, 1.807) is 6.33 Å². The molecule has 0 amide bonds. The van der Waals surface area contributed by atoms with Crippen LogP contribution in [-0.2, 0) is 4.74 Å². The first-order chi connectivity index (χ1) is 9.13. The lowest BCUT2D eigenvalue weighted by molar-refractivity contribution is 0.0820. The molecule has 0 bridgehead atoms. The van der Waals surface area contributed by atoms with E-state index in [1.165, 1.54) is 0 Å². The Morgan fingerprint density at radius 3 is 2.95 bits per heavy atom. The van der Waals surface area contributed by atoms with Crippen molar-refractivity contribution in [2.24, 2.45) is 5.84 Å². The van der Waals surface area contributed by atoms with E-state index in [-0.39, 0.29) is 6.10 Å². The Morgan fingerprint density at radius 1 is 1.47 bits per heavy atom. The quantitative estimate of drug-likeness (QED) is 0.637. The number of nitrogens with zero attached hydrogens (tertiary/aromatic N) is 3. The topological polar surface area (TPSA) is 76.3 Å². The molecule has 1 aliphatic rings. The van der Waals surface area contributed by atoms with E-state index >= 15 is 0 Å². The highest BCUT2D eigenvalue weighted by atomic mass is 16.5. The monoisotopic (exact) mass is 265 g/mol. The highest BCUT2D eigenvalue weighted by Gasteiger charge is 2.22. The van der Waals surface area contributed by atoms with Crippen molar-refractivity contribution in [2.75, 3.05) is 30.0 Å². The SMILES string of the molecule is CC1CN(c2ncnc(NN)c2C(C)C)CCCO1. The van der Waals surface area contributed by atoms with Crippen molar-refractivity contribution in [2.45, 2.75) is 39.2 Å². The molecule has 2 heterocycles. The number of nitrogens with two attached hydrogens (primary N) is 1. The van der Waals surface area contributed by atoms with Crippen molar-refractivity contribution in [1.82, 2.24) is 9.97 Å². The minimum absolute atomic E-state index is 0.215. The number of aromatic nitrogens is 2. The smallest absolute Gasteiger partial charge is 0.148 e. The number of hydrogen-bond donors (Lipinski definition) is 2. The van der Waals surface area contributed by atoms with Crippen LogP contribution in [0.1, 0.15) is 38.7 Å². The van der Waals surface area contributed by atoms with Crippen molar-refractivity contribution in [1.29, 1.82) is 0 Å². The van der Waals surface area contributed by atoms with Gasteiger partial charge in [0.25, 0.3) is 0 Å². The predicted octanol–water partition coefficient (Wildman–Crippen LogP) is 1.50. The molecular formula is C13H23N5O. The number of hydrogen-bond acceptors (Lipinski definition) is 6. The molecule has 1 atom stereocenters. The molecule has 1 fully saturated rings. The zero-order valence-corrected chi connectivity index (χ0v) is 11.9. The van der Waals surface area contributed by atoms with Gasteiger partial charge in [-0.05, 0) is 19.3 Å². The summed E-state index contributed by atoms with van der Waals surface area (Å²) in [6.07, 6.45) is 2.79. The molecule has 106 valence electrons. The Bertz CT molecular complexity index is 423. The number of hydrazine groups is 1. The van der Waals surface area contributed by atoms with E-state index in [1.807, 2.05) is 0 Å². The standard InChI is InChI=1S/C13H23N5O/c1-9(2)11-12(17-14)15-8-16-13(11)18-5-4-6-19-10(3)7-18/h8-10H,4-7,14H2,1-3H3,(H,15,16,17). The van der Waals surface area contributed by atoms with Crippen LogP contribution in [0.2, 0.25) is 0 Å². The Kier molecular flexibility index (Phi) is 4.55. The van der Waals surface area contributed by atoms with Crippen LogP contribution in [0, 0.1) is 0 Å². The molecule has 1 unspecified atom stereocenters. The Labute approximate surface area is 114 Å². The molecule has 6 heteroatoms. The van der Waals surface area contributed by atoms with Gasteiger partial charge in [-0.1, -0.05) is 13.8 Å². The normalized spacial score (nSPS) is 20.5. The van der Waals surface area contributed by atoms with E-state index in [0.29, 0.717) is 11.7 Å². The van der Waals surface area contributed by atoms with Gasteiger partial charge in [0.15, 0.2) is 0 Å². The molecule has 1 aromatic rings. The fraction of sp³-hybridized carbons (Fsp3) is 0.692. The van der Waals surface area contributed by atoms with Gasteiger partial charge in [0, 0.05) is 25.3 Å². The molecule has 0 aromatic carbocycles. The summed E-state index contributed by atoms with van der Waals surface area (Å²) in [5, 5.41) is 0. The molecule has 6 nitrogen and oxygen atoms in total. The average Bonchev–Trinajstić information content (AvgIpc) is 2.62. The molecule has 2 rings (SSSR count). The summed E-state index contributed by atoms with van der Waals surface area (Å²) < 4.78 is 5.69. The van der Waals surface area contributed by atoms with Gasteiger partial charge in [0.05, 0.1) is 6.10 Å². The first-order valence-electron chi connectivity index (χ1n) is 6.81. The molecule has 1 aromatic heterocycles. The number of nitrogens with one attached hydrogen (secondary N) is 1. The van der Waals surface area contributed by atoms with Crippen molar-refractivity contribution in [3.63, 3.8) is 0 Å². The maximum absolute atomic E-state index is 5.69. The number of rotatable bonds is 3. The van der Waals surface area contributed by atoms with Crippen LogP contribution in [0.5, 0.6) is 0 Å². The zero-order chi connectivity index (χ0) is 13.8. The van der Waals surface area contributed by atoms with E-state index in [2.05, 4.69) is 41.1 Å². The molecule has 3 N–H and O–H groups in total. The van der Waals surface area contributed by atoms with Gasteiger partial charge in [-0.2, -0.15) is 0 Å². The van der Waals surface area contributed by atoms with E-state index in [9.17, 15) is 0 Å². The molecule has 0 radical (unpaired) electrons. The average molecular weight is 265 g/mol. The number of nitrogen functional groups attached to an aromatic ring is 1. The lowest BCUT2D eigenvalue weighted by Gasteiger charge is -2.27. The van der Waals surface area contributed by atoms with E-state index in [0.717, 1.165) is 37.5 Å². The van der Waals surface area contributed by atoms with Gasteiger partial charge in [-0.15, -0.1) is 0 Å². The van der Waals surface area contributed by atoms with Crippen molar-refractivity contribution in [3.05, 3.63) is 11.9 Å². The van der Waals surface area contributed by atoms with Crippen LogP contribution < -0.4 is 16.2 Å². The first kappa shape index (κ1) is 14.0. The molecule has 0 spiro atoms. The van der Waals surface area contributed by atoms with Crippen LogP contribution in [-0.4, -0.2) is 35.8 Å². The van der Waals surface area contributed by atoms with Gasteiger partial charge in [0.2, 0.25) is 0 Å². The Balaban J connectivity index is 2.37.